The summed E-state index contributed by atoms with van der Waals surface area (Å²) in [6.07, 6.45) is 0.283. The van der Waals surface area contributed by atoms with Gasteiger partial charge in [0.05, 0.1) is 40.8 Å². The van der Waals surface area contributed by atoms with E-state index in [0.717, 1.165) is 0 Å². The smallest absolute Gasteiger partial charge is 0.336 e. The van der Waals surface area contributed by atoms with Crippen molar-refractivity contribution in [1.82, 2.24) is 5.32 Å². The number of dihydropyridines is 1. The zero-order chi connectivity index (χ0) is 21.7. The number of benzene rings is 1. The van der Waals surface area contributed by atoms with Gasteiger partial charge in [0.25, 0.3) is 0 Å². The highest BCUT2D eigenvalue weighted by molar-refractivity contribution is 7.81. The maximum atomic E-state index is 13.0. The van der Waals surface area contributed by atoms with E-state index in [0.29, 0.717) is 17.0 Å². The molecular weight excluding hydrogens is 437 g/mol. The summed E-state index contributed by atoms with van der Waals surface area (Å²) in [7, 11) is 1.26. The Kier molecular flexibility index (Phi) is 8.46. The SMILES string of the molecule is CCOC(=O)C1=C(C(S)CCO)NC(C)=C(C(=O)OC)C1c1cccc(Cl)c1Cl. The number of hydrogen-bond donors (Lipinski definition) is 3. The Morgan fingerprint density at radius 1 is 1.28 bits per heavy atom. The van der Waals surface area contributed by atoms with Crippen molar-refractivity contribution in [3.63, 3.8) is 0 Å². The third-order valence-corrected chi connectivity index (χ3v) is 5.87. The molecule has 0 aliphatic carbocycles. The lowest BCUT2D eigenvalue weighted by Gasteiger charge is -2.33. The molecule has 29 heavy (non-hydrogen) atoms. The quantitative estimate of drug-likeness (QED) is 0.426. The predicted molar refractivity (Wildman–Crippen MR) is 115 cm³/mol. The summed E-state index contributed by atoms with van der Waals surface area (Å²) in [5.74, 6) is -2.12. The molecule has 0 aromatic heterocycles. The van der Waals surface area contributed by atoms with Crippen molar-refractivity contribution in [2.45, 2.75) is 31.4 Å². The van der Waals surface area contributed by atoms with Crippen molar-refractivity contribution < 1.29 is 24.2 Å². The second kappa shape index (κ2) is 10.4. The summed E-state index contributed by atoms with van der Waals surface area (Å²) in [5.41, 5.74) is 1.78. The van der Waals surface area contributed by atoms with Gasteiger partial charge < -0.3 is 19.9 Å². The van der Waals surface area contributed by atoms with Gasteiger partial charge in [-0.05, 0) is 31.9 Å². The van der Waals surface area contributed by atoms with Gasteiger partial charge >= 0.3 is 11.9 Å². The van der Waals surface area contributed by atoms with E-state index in [4.69, 9.17) is 32.7 Å². The first-order valence-electron chi connectivity index (χ1n) is 8.98. The summed E-state index contributed by atoms with van der Waals surface area (Å²) < 4.78 is 10.2. The van der Waals surface area contributed by atoms with E-state index < -0.39 is 23.1 Å². The van der Waals surface area contributed by atoms with Gasteiger partial charge in [-0.1, -0.05) is 35.3 Å². The van der Waals surface area contributed by atoms with E-state index in [1.807, 2.05) is 0 Å². The largest absolute Gasteiger partial charge is 0.466 e. The number of esters is 2. The third kappa shape index (κ3) is 4.91. The van der Waals surface area contributed by atoms with Crippen LogP contribution in [-0.4, -0.2) is 42.6 Å². The third-order valence-electron chi connectivity index (χ3n) is 4.52. The Morgan fingerprint density at radius 3 is 2.55 bits per heavy atom. The molecule has 1 aromatic carbocycles. The zero-order valence-corrected chi connectivity index (χ0v) is 18.7. The molecule has 0 saturated heterocycles. The Hall–Kier alpha value is -1.67. The monoisotopic (exact) mass is 459 g/mol. The van der Waals surface area contributed by atoms with Crippen LogP contribution in [0.3, 0.4) is 0 Å². The minimum atomic E-state index is -0.878. The Labute approximate surface area is 185 Å². The van der Waals surface area contributed by atoms with E-state index in [1.165, 1.54) is 7.11 Å². The van der Waals surface area contributed by atoms with Crippen LogP contribution in [0.1, 0.15) is 31.7 Å². The molecule has 1 heterocycles. The van der Waals surface area contributed by atoms with Crippen LogP contribution in [0.15, 0.2) is 40.7 Å². The fraction of sp³-hybridized carbons (Fsp3) is 0.400. The number of carbonyl (C=O) groups excluding carboxylic acids is 2. The summed E-state index contributed by atoms with van der Waals surface area (Å²) in [6, 6.07) is 4.99. The van der Waals surface area contributed by atoms with Gasteiger partial charge in [-0.25, -0.2) is 9.59 Å². The van der Waals surface area contributed by atoms with E-state index in [1.54, 1.807) is 32.0 Å². The molecule has 1 aliphatic rings. The second-order valence-corrected chi connectivity index (χ2v) is 7.72. The summed E-state index contributed by atoms with van der Waals surface area (Å²) >= 11 is 17.2. The van der Waals surface area contributed by atoms with Crippen molar-refractivity contribution in [2.75, 3.05) is 20.3 Å². The summed E-state index contributed by atoms with van der Waals surface area (Å²) in [5, 5.41) is 12.4. The van der Waals surface area contributed by atoms with Crippen molar-refractivity contribution in [3.05, 3.63) is 56.3 Å². The molecule has 0 spiro atoms. The molecule has 2 unspecified atom stereocenters. The van der Waals surface area contributed by atoms with Crippen LogP contribution in [0.2, 0.25) is 10.0 Å². The molecule has 1 aliphatic heterocycles. The second-order valence-electron chi connectivity index (χ2n) is 6.31. The summed E-state index contributed by atoms with van der Waals surface area (Å²) in [4.78, 5) is 25.6. The zero-order valence-electron chi connectivity index (χ0n) is 16.3. The topological polar surface area (TPSA) is 84.9 Å². The van der Waals surface area contributed by atoms with E-state index in [2.05, 4.69) is 17.9 Å². The van der Waals surface area contributed by atoms with Gasteiger partial charge in [-0.3, -0.25) is 0 Å². The Morgan fingerprint density at radius 2 is 1.97 bits per heavy atom. The van der Waals surface area contributed by atoms with Crippen LogP contribution in [-0.2, 0) is 19.1 Å². The number of hydrogen-bond acceptors (Lipinski definition) is 7. The minimum Gasteiger partial charge on any atom is -0.466 e. The maximum absolute atomic E-state index is 13.0. The highest BCUT2D eigenvalue weighted by Crippen LogP contribution is 2.44. The van der Waals surface area contributed by atoms with Gasteiger partial charge in [0.2, 0.25) is 0 Å². The lowest BCUT2D eigenvalue weighted by atomic mass is 9.79. The number of aliphatic hydroxyl groups is 1. The lowest BCUT2D eigenvalue weighted by Crippen LogP contribution is -2.36. The van der Waals surface area contributed by atoms with E-state index in [-0.39, 0.29) is 40.8 Å². The number of carbonyl (C=O) groups is 2. The number of aliphatic hydroxyl groups excluding tert-OH is 1. The van der Waals surface area contributed by atoms with Gasteiger partial charge in [-0.15, -0.1) is 0 Å². The average molecular weight is 460 g/mol. The fourth-order valence-corrected chi connectivity index (χ4v) is 3.99. The van der Waals surface area contributed by atoms with Crippen molar-refractivity contribution in [3.8, 4) is 0 Å². The van der Waals surface area contributed by atoms with E-state index >= 15 is 0 Å². The predicted octanol–water partition coefficient (Wildman–Crippen LogP) is 3.63. The van der Waals surface area contributed by atoms with E-state index in [9.17, 15) is 14.7 Å². The molecule has 1 aromatic rings. The summed E-state index contributed by atoms with van der Waals surface area (Å²) in [6.45, 7) is 3.38. The van der Waals surface area contributed by atoms with Gasteiger partial charge in [-0.2, -0.15) is 12.6 Å². The first-order chi connectivity index (χ1) is 13.8. The van der Waals surface area contributed by atoms with Crippen LogP contribution in [0, 0.1) is 0 Å². The van der Waals surface area contributed by atoms with Gasteiger partial charge in [0, 0.05) is 23.3 Å². The maximum Gasteiger partial charge on any atom is 0.336 e. The molecule has 9 heteroatoms. The van der Waals surface area contributed by atoms with Crippen LogP contribution < -0.4 is 5.32 Å². The molecule has 0 bridgehead atoms. The lowest BCUT2D eigenvalue weighted by molar-refractivity contribution is -0.139. The molecule has 158 valence electrons. The molecule has 2 rings (SSSR count). The van der Waals surface area contributed by atoms with Crippen molar-refractivity contribution >= 4 is 47.8 Å². The number of allylic oxidation sites excluding steroid dienone is 1. The van der Waals surface area contributed by atoms with Crippen LogP contribution in [0.25, 0.3) is 0 Å². The van der Waals surface area contributed by atoms with Crippen LogP contribution in [0.5, 0.6) is 0 Å². The molecule has 6 nitrogen and oxygen atoms in total. The number of thiol groups is 1. The number of rotatable bonds is 7. The minimum absolute atomic E-state index is 0.134. The Balaban J connectivity index is 2.83. The first-order valence-corrected chi connectivity index (χ1v) is 10.3. The highest BCUT2D eigenvalue weighted by Gasteiger charge is 2.41. The number of ether oxygens (including phenoxy) is 2. The molecule has 2 N–H and O–H groups in total. The average Bonchev–Trinajstić information content (AvgIpc) is 2.69. The first kappa shape index (κ1) is 23.6. The fourth-order valence-electron chi connectivity index (χ4n) is 3.25. The number of methoxy groups -OCH3 is 1. The van der Waals surface area contributed by atoms with Crippen LogP contribution >= 0.6 is 35.8 Å². The number of nitrogens with one attached hydrogen (secondary N) is 1. The Bertz CT molecular complexity index is 868. The number of halogens is 2. The molecule has 2 atom stereocenters. The van der Waals surface area contributed by atoms with Crippen LogP contribution in [0.4, 0.5) is 0 Å². The molecule has 0 amide bonds. The molecule has 0 radical (unpaired) electrons. The van der Waals surface area contributed by atoms with Gasteiger partial charge in [0.1, 0.15) is 0 Å². The molecule has 0 fully saturated rings. The standard InChI is InChI=1S/C20H23Cl2NO5S/c1-4-28-20(26)16-15(11-6-5-7-12(21)17(11)22)14(19(25)27-3)10(2)23-18(16)13(29)8-9-24/h5-7,13,15,23-24,29H,4,8-9H2,1-3H3. The highest BCUT2D eigenvalue weighted by atomic mass is 35.5. The van der Waals surface area contributed by atoms with Gasteiger partial charge in [0.15, 0.2) is 0 Å². The normalized spacial score (nSPS) is 17.7. The van der Waals surface area contributed by atoms with Crippen molar-refractivity contribution in [2.24, 2.45) is 0 Å². The molecule has 0 saturated carbocycles. The molecular formula is C20H23Cl2NO5S. The van der Waals surface area contributed by atoms with Crippen molar-refractivity contribution in [1.29, 1.82) is 0 Å².